The maximum absolute atomic E-state index is 3.34. The normalized spacial score (nSPS) is 12.1. The second kappa shape index (κ2) is 6.08. The molecule has 0 aromatic rings. The van der Waals surface area contributed by atoms with Crippen molar-refractivity contribution in [3.05, 3.63) is 9.66 Å². The molecule has 0 aliphatic carbocycles. The molecule has 0 rings (SSSR count). The van der Waals surface area contributed by atoms with Gasteiger partial charge in [-0.1, -0.05) is 35.4 Å². The molecule has 0 bridgehead atoms. The zero-order chi connectivity index (χ0) is 6.41. The lowest BCUT2D eigenvalue weighted by molar-refractivity contribution is 0.952. The van der Waals surface area contributed by atoms with E-state index >= 15 is 0 Å². The average molecular weight is 289 g/mol. The standard InChI is InChI=1S/C6H10BrI/c1-2-3-6(8)4-5-7/h4H,2-3,5H2,1H3. The lowest BCUT2D eigenvalue weighted by Crippen LogP contribution is -1.70. The van der Waals surface area contributed by atoms with Crippen molar-refractivity contribution in [1.82, 2.24) is 0 Å². The molecule has 8 heavy (non-hydrogen) atoms. The van der Waals surface area contributed by atoms with Crippen LogP contribution in [-0.2, 0) is 0 Å². The van der Waals surface area contributed by atoms with E-state index in [-0.39, 0.29) is 0 Å². The van der Waals surface area contributed by atoms with Crippen LogP contribution in [0.15, 0.2) is 9.66 Å². The number of hydrogen-bond donors (Lipinski definition) is 0. The highest BCUT2D eigenvalue weighted by Crippen LogP contribution is 2.12. The summed E-state index contributed by atoms with van der Waals surface area (Å²) in [6, 6.07) is 0. The molecule has 0 amide bonds. The summed E-state index contributed by atoms with van der Waals surface area (Å²) < 4.78 is 1.46. The van der Waals surface area contributed by atoms with Gasteiger partial charge in [-0.15, -0.1) is 0 Å². The van der Waals surface area contributed by atoms with Crippen LogP contribution in [0.1, 0.15) is 19.8 Å². The monoisotopic (exact) mass is 288 g/mol. The molecule has 2 heteroatoms. The van der Waals surface area contributed by atoms with Gasteiger partial charge in [0.1, 0.15) is 0 Å². The summed E-state index contributed by atoms with van der Waals surface area (Å²) in [5.41, 5.74) is 0. The van der Waals surface area contributed by atoms with E-state index in [1.807, 2.05) is 0 Å². The van der Waals surface area contributed by atoms with E-state index in [1.165, 1.54) is 16.4 Å². The van der Waals surface area contributed by atoms with Gasteiger partial charge in [0.25, 0.3) is 0 Å². The van der Waals surface area contributed by atoms with Crippen LogP contribution in [0.25, 0.3) is 0 Å². The largest absolute Gasteiger partial charge is 0.0883 e. The zero-order valence-electron chi connectivity index (χ0n) is 4.95. The molecule has 0 nitrogen and oxygen atoms in total. The van der Waals surface area contributed by atoms with E-state index in [9.17, 15) is 0 Å². The molecular weight excluding hydrogens is 279 g/mol. The van der Waals surface area contributed by atoms with Gasteiger partial charge in [0, 0.05) is 5.33 Å². The summed E-state index contributed by atoms with van der Waals surface area (Å²) in [4.78, 5) is 0. The fraction of sp³-hybridized carbons (Fsp3) is 0.667. The Hall–Kier alpha value is 0.950. The van der Waals surface area contributed by atoms with Gasteiger partial charge < -0.3 is 0 Å². The van der Waals surface area contributed by atoms with Gasteiger partial charge in [0.05, 0.1) is 0 Å². The molecule has 0 aliphatic heterocycles. The molecule has 0 aromatic carbocycles. The van der Waals surface area contributed by atoms with Gasteiger partial charge in [-0.2, -0.15) is 0 Å². The fourth-order valence-electron chi connectivity index (χ4n) is 0.425. The quantitative estimate of drug-likeness (QED) is 0.551. The lowest BCUT2D eigenvalue weighted by Gasteiger charge is -1.90. The SMILES string of the molecule is CCCC(I)=CCBr. The van der Waals surface area contributed by atoms with E-state index in [0.717, 1.165) is 5.33 Å². The fourth-order valence-corrected chi connectivity index (χ4v) is 2.18. The van der Waals surface area contributed by atoms with E-state index < -0.39 is 0 Å². The average Bonchev–Trinajstić information content (AvgIpc) is 1.68. The first-order chi connectivity index (χ1) is 3.81. The van der Waals surface area contributed by atoms with Gasteiger partial charge in [0.2, 0.25) is 0 Å². The van der Waals surface area contributed by atoms with Crippen molar-refractivity contribution in [2.75, 3.05) is 5.33 Å². The van der Waals surface area contributed by atoms with Crippen molar-refractivity contribution >= 4 is 38.5 Å². The first kappa shape index (κ1) is 8.95. The molecule has 0 aromatic heterocycles. The molecule has 0 aliphatic rings. The molecule has 0 saturated heterocycles. The highest BCUT2D eigenvalue weighted by atomic mass is 127. The summed E-state index contributed by atoms with van der Waals surface area (Å²) in [5.74, 6) is 0. The highest BCUT2D eigenvalue weighted by molar-refractivity contribution is 14.1. The Balaban J connectivity index is 3.29. The molecule has 48 valence electrons. The number of alkyl halides is 1. The van der Waals surface area contributed by atoms with Crippen LogP contribution in [0, 0.1) is 0 Å². The zero-order valence-corrected chi connectivity index (χ0v) is 8.70. The van der Waals surface area contributed by atoms with Crippen LogP contribution >= 0.6 is 38.5 Å². The summed E-state index contributed by atoms with van der Waals surface area (Å²) in [6.07, 6.45) is 4.68. The Labute approximate surface area is 73.0 Å². The molecular formula is C6H10BrI. The maximum atomic E-state index is 3.34. The van der Waals surface area contributed by atoms with Crippen LogP contribution < -0.4 is 0 Å². The van der Waals surface area contributed by atoms with E-state index in [0.29, 0.717) is 0 Å². The van der Waals surface area contributed by atoms with Crippen molar-refractivity contribution in [2.24, 2.45) is 0 Å². The third-order valence-corrected chi connectivity index (χ3v) is 2.09. The predicted octanol–water partition coefficient (Wildman–Crippen LogP) is 3.50. The van der Waals surface area contributed by atoms with Crippen molar-refractivity contribution in [1.29, 1.82) is 0 Å². The van der Waals surface area contributed by atoms with Crippen LogP contribution in [-0.4, -0.2) is 5.33 Å². The van der Waals surface area contributed by atoms with Gasteiger partial charge in [-0.3, -0.25) is 0 Å². The summed E-state index contributed by atoms with van der Waals surface area (Å²) in [5, 5.41) is 0.991. The Kier molecular flexibility index (Phi) is 6.80. The molecule has 0 unspecified atom stereocenters. The third-order valence-electron chi connectivity index (χ3n) is 0.787. The molecule has 0 heterocycles. The highest BCUT2D eigenvalue weighted by Gasteiger charge is 1.84. The molecule has 0 atom stereocenters. The van der Waals surface area contributed by atoms with E-state index in [1.54, 1.807) is 0 Å². The van der Waals surface area contributed by atoms with Crippen molar-refractivity contribution < 1.29 is 0 Å². The lowest BCUT2D eigenvalue weighted by atomic mass is 10.3. The molecule has 0 spiro atoms. The Morgan fingerprint density at radius 3 is 2.75 bits per heavy atom. The smallest absolute Gasteiger partial charge is 0.0222 e. The summed E-state index contributed by atoms with van der Waals surface area (Å²) in [7, 11) is 0. The topological polar surface area (TPSA) is 0 Å². The van der Waals surface area contributed by atoms with Crippen molar-refractivity contribution in [3.8, 4) is 0 Å². The summed E-state index contributed by atoms with van der Waals surface area (Å²) in [6.45, 7) is 2.20. The minimum atomic E-state index is 0.991. The van der Waals surface area contributed by atoms with Gasteiger partial charge >= 0.3 is 0 Å². The van der Waals surface area contributed by atoms with Crippen molar-refractivity contribution in [2.45, 2.75) is 19.8 Å². The molecule has 0 saturated carbocycles. The van der Waals surface area contributed by atoms with Gasteiger partial charge in [-0.25, -0.2) is 0 Å². The van der Waals surface area contributed by atoms with Crippen LogP contribution in [0.5, 0.6) is 0 Å². The molecule has 0 radical (unpaired) electrons. The minimum Gasteiger partial charge on any atom is -0.0883 e. The Bertz CT molecular complexity index is 78.6. The van der Waals surface area contributed by atoms with Crippen molar-refractivity contribution in [3.63, 3.8) is 0 Å². The third kappa shape index (κ3) is 5.09. The van der Waals surface area contributed by atoms with Crippen LogP contribution in [0.2, 0.25) is 0 Å². The number of rotatable bonds is 3. The van der Waals surface area contributed by atoms with Gasteiger partial charge in [-0.05, 0) is 32.6 Å². The second-order valence-corrected chi connectivity index (χ2v) is 3.59. The van der Waals surface area contributed by atoms with Gasteiger partial charge in [0.15, 0.2) is 0 Å². The second-order valence-electron chi connectivity index (χ2n) is 1.56. The molecule has 0 fully saturated rings. The Morgan fingerprint density at radius 2 is 2.38 bits per heavy atom. The van der Waals surface area contributed by atoms with Crippen LogP contribution in [0.3, 0.4) is 0 Å². The molecule has 0 N–H and O–H groups in total. The minimum absolute atomic E-state index is 0.991. The predicted molar refractivity (Wildman–Crippen MR) is 50.8 cm³/mol. The van der Waals surface area contributed by atoms with Crippen LogP contribution in [0.4, 0.5) is 0 Å². The summed E-state index contributed by atoms with van der Waals surface area (Å²) >= 11 is 5.71. The number of halogens is 2. The number of allylic oxidation sites excluding steroid dienone is 2. The van der Waals surface area contributed by atoms with E-state index in [4.69, 9.17) is 0 Å². The Morgan fingerprint density at radius 1 is 1.75 bits per heavy atom. The maximum Gasteiger partial charge on any atom is 0.0222 e. The first-order valence-electron chi connectivity index (χ1n) is 2.71. The number of hydrogen-bond acceptors (Lipinski definition) is 0. The van der Waals surface area contributed by atoms with E-state index in [2.05, 4.69) is 51.5 Å². The first-order valence-corrected chi connectivity index (χ1v) is 4.91.